The molecule has 0 aromatic rings. The number of hydrogen-bond donors (Lipinski definition) is 1. The van der Waals surface area contributed by atoms with Crippen molar-refractivity contribution >= 4 is 5.91 Å². The molecule has 2 heterocycles. The molecule has 2 rings (SSSR count). The number of amides is 1. The van der Waals surface area contributed by atoms with Crippen molar-refractivity contribution in [1.29, 1.82) is 0 Å². The molecule has 2 fully saturated rings. The fourth-order valence-corrected chi connectivity index (χ4v) is 3.44. The van der Waals surface area contributed by atoms with Gasteiger partial charge in [-0.25, -0.2) is 0 Å². The Balaban J connectivity index is 1.77. The van der Waals surface area contributed by atoms with Crippen LogP contribution in [0.1, 0.15) is 46.0 Å². The highest BCUT2D eigenvalue weighted by molar-refractivity contribution is 5.78. The van der Waals surface area contributed by atoms with Crippen molar-refractivity contribution in [3.63, 3.8) is 0 Å². The molecular formula is C16H31N3O. The van der Waals surface area contributed by atoms with Crippen molar-refractivity contribution in [1.82, 2.24) is 9.80 Å². The normalized spacial score (nSPS) is 26.8. The molecule has 0 saturated carbocycles. The summed E-state index contributed by atoms with van der Waals surface area (Å²) >= 11 is 0. The van der Waals surface area contributed by atoms with E-state index in [-0.39, 0.29) is 0 Å². The Labute approximate surface area is 123 Å². The number of likely N-dealkylation sites (tertiary alicyclic amines) is 2. The molecule has 1 unspecified atom stereocenters. The summed E-state index contributed by atoms with van der Waals surface area (Å²) in [6.45, 7) is 9.08. The minimum absolute atomic E-state index is 0.324. The van der Waals surface area contributed by atoms with Gasteiger partial charge in [-0.05, 0) is 43.9 Å². The molecule has 0 radical (unpaired) electrons. The largest absolute Gasteiger partial charge is 0.342 e. The summed E-state index contributed by atoms with van der Waals surface area (Å²) in [7, 11) is 0. The number of carbonyl (C=O) groups excluding carboxylic acids is 1. The molecule has 0 aliphatic carbocycles. The zero-order valence-corrected chi connectivity index (χ0v) is 13.2. The first kappa shape index (κ1) is 15.8. The molecule has 2 aliphatic heterocycles. The highest BCUT2D eigenvalue weighted by Gasteiger charge is 2.24. The predicted octanol–water partition coefficient (Wildman–Crippen LogP) is 1.69. The Morgan fingerprint density at radius 3 is 2.45 bits per heavy atom. The smallest absolute Gasteiger partial charge is 0.236 e. The summed E-state index contributed by atoms with van der Waals surface area (Å²) in [5.74, 6) is 1.86. The van der Waals surface area contributed by atoms with Crippen molar-refractivity contribution in [2.75, 3.05) is 32.7 Å². The SMILES string of the molecule is CC(C)C1CCCN(C(=O)CN2CCC(N)CC2)CC1. The highest BCUT2D eigenvalue weighted by atomic mass is 16.2. The summed E-state index contributed by atoms with van der Waals surface area (Å²) in [4.78, 5) is 16.8. The van der Waals surface area contributed by atoms with Crippen LogP contribution in [0.5, 0.6) is 0 Å². The minimum atomic E-state index is 0.324. The lowest BCUT2D eigenvalue weighted by Gasteiger charge is -2.31. The van der Waals surface area contributed by atoms with E-state index < -0.39 is 0 Å². The Hall–Kier alpha value is -0.610. The molecule has 0 aromatic carbocycles. The monoisotopic (exact) mass is 281 g/mol. The van der Waals surface area contributed by atoms with Gasteiger partial charge in [0.15, 0.2) is 0 Å². The molecule has 20 heavy (non-hydrogen) atoms. The zero-order valence-electron chi connectivity index (χ0n) is 13.2. The van der Waals surface area contributed by atoms with Crippen LogP contribution in [-0.2, 0) is 4.79 Å². The summed E-state index contributed by atoms with van der Waals surface area (Å²) < 4.78 is 0. The molecule has 4 nitrogen and oxygen atoms in total. The third kappa shape index (κ3) is 4.45. The molecular weight excluding hydrogens is 250 g/mol. The lowest BCUT2D eigenvalue weighted by atomic mass is 9.89. The van der Waals surface area contributed by atoms with Gasteiger partial charge in [0.1, 0.15) is 0 Å². The first-order valence-corrected chi connectivity index (χ1v) is 8.32. The van der Waals surface area contributed by atoms with E-state index >= 15 is 0 Å². The molecule has 1 amide bonds. The van der Waals surface area contributed by atoms with Gasteiger partial charge in [-0.15, -0.1) is 0 Å². The van der Waals surface area contributed by atoms with Gasteiger partial charge in [-0.3, -0.25) is 9.69 Å². The second-order valence-corrected chi connectivity index (χ2v) is 6.93. The van der Waals surface area contributed by atoms with Crippen LogP contribution in [0.25, 0.3) is 0 Å². The number of nitrogens with two attached hydrogens (primary N) is 1. The number of hydrogen-bond acceptors (Lipinski definition) is 3. The van der Waals surface area contributed by atoms with E-state index in [0.29, 0.717) is 18.5 Å². The Morgan fingerprint density at radius 2 is 1.80 bits per heavy atom. The highest BCUT2D eigenvalue weighted by Crippen LogP contribution is 2.24. The van der Waals surface area contributed by atoms with E-state index in [2.05, 4.69) is 23.6 Å². The fourth-order valence-electron chi connectivity index (χ4n) is 3.44. The van der Waals surface area contributed by atoms with Crippen molar-refractivity contribution in [2.45, 2.75) is 52.0 Å². The molecule has 2 N–H and O–H groups in total. The zero-order chi connectivity index (χ0) is 14.5. The van der Waals surface area contributed by atoms with Crippen molar-refractivity contribution in [3.05, 3.63) is 0 Å². The Kier molecular flexibility index (Phi) is 5.85. The lowest BCUT2D eigenvalue weighted by molar-refractivity contribution is -0.132. The molecule has 4 heteroatoms. The molecule has 116 valence electrons. The van der Waals surface area contributed by atoms with Crippen LogP contribution in [0.2, 0.25) is 0 Å². The second kappa shape index (κ2) is 7.41. The molecule has 2 saturated heterocycles. The summed E-state index contributed by atoms with van der Waals surface area (Å²) in [5.41, 5.74) is 5.91. The van der Waals surface area contributed by atoms with Crippen LogP contribution in [0.4, 0.5) is 0 Å². The van der Waals surface area contributed by atoms with Gasteiger partial charge in [-0.2, -0.15) is 0 Å². The number of rotatable bonds is 3. The first-order chi connectivity index (χ1) is 9.56. The van der Waals surface area contributed by atoms with Crippen LogP contribution in [0.3, 0.4) is 0 Å². The molecule has 0 spiro atoms. The van der Waals surface area contributed by atoms with Crippen LogP contribution in [-0.4, -0.2) is 54.5 Å². The van der Waals surface area contributed by atoms with Crippen molar-refractivity contribution in [3.8, 4) is 0 Å². The first-order valence-electron chi connectivity index (χ1n) is 8.32. The molecule has 0 aromatic heterocycles. The van der Waals surface area contributed by atoms with Crippen LogP contribution < -0.4 is 5.73 Å². The average molecular weight is 281 g/mol. The van der Waals surface area contributed by atoms with Gasteiger partial charge in [0.2, 0.25) is 5.91 Å². The average Bonchev–Trinajstić information content (AvgIpc) is 2.67. The van der Waals surface area contributed by atoms with E-state index in [1.54, 1.807) is 0 Å². The molecule has 0 bridgehead atoms. The number of piperidine rings is 1. The minimum Gasteiger partial charge on any atom is -0.342 e. The molecule has 2 aliphatic rings. The van der Waals surface area contributed by atoms with Crippen LogP contribution in [0, 0.1) is 11.8 Å². The van der Waals surface area contributed by atoms with Gasteiger partial charge < -0.3 is 10.6 Å². The fraction of sp³-hybridized carbons (Fsp3) is 0.938. The summed E-state index contributed by atoms with van der Waals surface area (Å²) in [5, 5.41) is 0. The third-order valence-electron chi connectivity index (χ3n) is 5.06. The van der Waals surface area contributed by atoms with Crippen molar-refractivity contribution in [2.24, 2.45) is 17.6 Å². The maximum absolute atomic E-state index is 12.4. The maximum Gasteiger partial charge on any atom is 0.236 e. The van der Waals surface area contributed by atoms with Crippen LogP contribution >= 0.6 is 0 Å². The van der Waals surface area contributed by atoms with E-state index in [1.807, 2.05) is 0 Å². The Bertz CT molecular complexity index is 311. The summed E-state index contributed by atoms with van der Waals surface area (Å²) in [6.07, 6.45) is 5.68. The van der Waals surface area contributed by atoms with Gasteiger partial charge in [0, 0.05) is 32.2 Å². The van der Waals surface area contributed by atoms with E-state index in [1.165, 1.54) is 19.3 Å². The second-order valence-electron chi connectivity index (χ2n) is 6.93. The lowest BCUT2D eigenvalue weighted by Crippen LogP contribution is -2.46. The van der Waals surface area contributed by atoms with Crippen molar-refractivity contribution < 1.29 is 4.79 Å². The topological polar surface area (TPSA) is 49.6 Å². The predicted molar refractivity (Wildman–Crippen MR) is 82.4 cm³/mol. The number of nitrogens with zero attached hydrogens (tertiary/aromatic N) is 2. The summed E-state index contributed by atoms with van der Waals surface area (Å²) in [6, 6.07) is 0.339. The van der Waals surface area contributed by atoms with Gasteiger partial charge in [0.05, 0.1) is 6.54 Å². The standard InChI is InChI=1S/C16H31N3O/c1-13(2)14-4-3-8-19(11-5-14)16(20)12-18-9-6-15(17)7-10-18/h13-15H,3-12,17H2,1-2H3. The third-order valence-corrected chi connectivity index (χ3v) is 5.06. The number of carbonyl (C=O) groups is 1. The molecule has 1 atom stereocenters. The Morgan fingerprint density at radius 1 is 1.10 bits per heavy atom. The van der Waals surface area contributed by atoms with Gasteiger partial charge in [0.25, 0.3) is 0 Å². The van der Waals surface area contributed by atoms with E-state index in [4.69, 9.17) is 5.73 Å². The van der Waals surface area contributed by atoms with E-state index in [9.17, 15) is 4.79 Å². The van der Waals surface area contributed by atoms with Gasteiger partial charge >= 0.3 is 0 Å². The van der Waals surface area contributed by atoms with Crippen LogP contribution in [0.15, 0.2) is 0 Å². The maximum atomic E-state index is 12.4. The quantitative estimate of drug-likeness (QED) is 0.856. The van der Waals surface area contributed by atoms with Gasteiger partial charge in [-0.1, -0.05) is 13.8 Å². The van der Waals surface area contributed by atoms with E-state index in [0.717, 1.165) is 50.9 Å².